The minimum absolute atomic E-state index is 0.00464. The van der Waals surface area contributed by atoms with E-state index in [1.54, 1.807) is 18.3 Å². The van der Waals surface area contributed by atoms with Crippen LogP contribution in [0.2, 0.25) is 0 Å². The second kappa shape index (κ2) is 8.64. The Morgan fingerprint density at radius 1 is 1.06 bits per heavy atom. The molecule has 1 fully saturated rings. The lowest BCUT2D eigenvalue weighted by molar-refractivity contribution is 0.0546. The zero-order chi connectivity index (χ0) is 22.1. The fraction of sp³-hybridized carbons (Fsp3) is 0.250. The van der Waals surface area contributed by atoms with Crippen molar-refractivity contribution in [1.29, 1.82) is 0 Å². The minimum atomic E-state index is 0.00464. The van der Waals surface area contributed by atoms with Gasteiger partial charge in [0.1, 0.15) is 5.01 Å². The second-order valence-corrected chi connectivity index (χ2v) is 8.79. The van der Waals surface area contributed by atoms with Gasteiger partial charge in [0.15, 0.2) is 0 Å². The maximum Gasteiger partial charge on any atom is 0.253 e. The summed E-state index contributed by atoms with van der Waals surface area (Å²) >= 11 is 1.65. The number of thiazole rings is 1. The summed E-state index contributed by atoms with van der Waals surface area (Å²) in [7, 11) is 2.09. The van der Waals surface area contributed by atoms with Crippen molar-refractivity contribution < 1.29 is 9.32 Å². The van der Waals surface area contributed by atoms with Crippen molar-refractivity contribution in [2.24, 2.45) is 0 Å². The van der Waals surface area contributed by atoms with E-state index in [0.29, 0.717) is 30.4 Å². The Balaban J connectivity index is 1.36. The Kier molecular flexibility index (Phi) is 5.55. The van der Waals surface area contributed by atoms with Crippen LogP contribution in [0.25, 0.3) is 22.6 Å². The monoisotopic (exact) mass is 445 g/mol. The van der Waals surface area contributed by atoms with Crippen LogP contribution in [-0.2, 0) is 0 Å². The lowest BCUT2D eigenvalue weighted by Gasteiger charge is -2.38. The van der Waals surface area contributed by atoms with Gasteiger partial charge in [-0.15, -0.1) is 11.3 Å². The third kappa shape index (κ3) is 4.06. The number of rotatable bonds is 4. The number of carbonyl (C=O) groups is 1. The SMILES string of the molecule is Cc1nc(-c2cccc(C(=O)N3CCN(C)C(c4nc(-c5ccccc5)cs4)C3)c2)no1. The Bertz CT molecular complexity index is 1240. The number of aryl methyl sites for hydroxylation is 1. The molecule has 8 heteroatoms. The van der Waals surface area contributed by atoms with Crippen molar-refractivity contribution in [2.75, 3.05) is 26.7 Å². The van der Waals surface area contributed by atoms with Crippen molar-refractivity contribution in [2.45, 2.75) is 13.0 Å². The summed E-state index contributed by atoms with van der Waals surface area (Å²) in [6, 6.07) is 17.7. The highest BCUT2D eigenvalue weighted by Crippen LogP contribution is 2.31. The molecule has 4 aromatic rings. The van der Waals surface area contributed by atoms with Crippen LogP contribution < -0.4 is 0 Å². The van der Waals surface area contributed by atoms with Crippen molar-refractivity contribution in [3.05, 3.63) is 76.4 Å². The van der Waals surface area contributed by atoms with Crippen LogP contribution in [0.4, 0.5) is 0 Å². The first-order valence-electron chi connectivity index (χ1n) is 10.5. The molecule has 3 heterocycles. The summed E-state index contributed by atoms with van der Waals surface area (Å²) in [5.41, 5.74) is 3.48. The quantitative estimate of drug-likeness (QED) is 0.466. The molecular weight excluding hydrogens is 422 g/mol. The van der Waals surface area contributed by atoms with Gasteiger partial charge < -0.3 is 9.42 Å². The van der Waals surface area contributed by atoms with Gasteiger partial charge in [0, 0.05) is 48.6 Å². The van der Waals surface area contributed by atoms with Crippen LogP contribution in [-0.4, -0.2) is 57.5 Å². The molecular formula is C24H23N5O2S. The van der Waals surface area contributed by atoms with E-state index in [9.17, 15) is 4.79 Å². The van der Waals surface area contributed by atoms with Crippen molar-refractivity contribution >= 4 is 17.2 Å². The molecule has 7 nitrogen and oxygen atoms in total. The van der Waals surface area contributed by atoms with E-state index in [0.717, 1.165) is 28.4 Å². The number of aromatic nitrogens is 3. The number of nitrogens with zero attached hydrogens (tertiary/aromatic N) is 5. The Labute approximate surface area is 190 Å². The minimum Gasteiger partial charge on any atom is -0.339 e. The van der Waals surface area contributed by atoms with Gasteiger partial charge >= 0.3 is 0 Å². The van der Waals surface area contributed by atoms with Gasteiger partial charge in [-0.05, 0) is 19.2 Å². The first-order valence-corrected chi connectivity index (χ1v) is 11.4. The van der Waals surface area contributed by atoms with E-state index in [-0.39, 0.29) is 11.9 Å². The first-order chi connectivity index (χ1) is 15.6. The van der Waals surface area contributed by atoms with Gasteiger partial charge in [0.25, 0.3) is 5.91 Å². The number of carbonyl (C=O) groups excluding carboxylic acids is 1. The van der Waals surface area contributed by atoms with E-state index in [1.807, 2.05) is 47.4 Å². The highest BCUT2D eigenvalue weighted by atomic mass is 32.1. The van der Waals surface area contributed by atoms with E-state index in [4.69, 9.17) is 9.51 Å². The van der Waals surface area contributed by atoms with Gasteiger partial charge in [0.05, 0.1) is 11.7 Å². The van der Waals surface area contributed by atoms with Crippen LogP contribution in [0.15, 0.2) is 64.5 Å². The van der Waals surface area contributed by atoms with E-state index in [2.05, 4.69) is 39.6 Å². The van der Waals surface area contributed by atoms with E-state index < -0.39 is 0 Å². The van der Waals surface area contributed by atoms with Gasteiger partial charge in [-0.3, -0.25) is 9.69 Å². The van der Waals surface area contributed by atoms with Gasteiger partial charge in [-0.2, -0.15) is 4.98 Å². The molecule has 1 aliphatic heterocycles. The summed E-state index contributed by atoms with van der Waals surface area (Å²) in [4.78, 5) is 26.7. The Hall–Kier alpha value is -3.36. The molecule has 0 N–H and O–H groups in total. The molecule has 1 saturated heterocycles. The zero-order valence-electron chi connectivity index (χ0n) is 17.9. The highest BCUT2D eigenvalue weighted by molar-refractivity contribution is 7.10. The molecule has 1 unspecified atom stereocenters. The van der Waals surface area contributed by atoms with Crippen LogP contribution in [0.3, 0.4) is 0 Å². The number of benzene rings is 2. The molecule has 0 saturated carbocycles. The van der Waals surface area contributed by atoms with Gasteiger partial charge in [-0.25, -0.2) is 4.98 Å². The molecule has 1 atom stereocenters. The Morgan fingerprint density at radius 3 is 2.66 bits per heavy atom. The second-order valence-electron chi connectivity index (χ2n) is 7.90. The molecule has 0 radical (unpaired) electrons. The number of amides is 1. The summed E-state index contributed by atoms with van der Waals surface area (Å²) < 4.78 is 5.08. The predicted octanol–water partition coefficient (Wildman–Crippen LogP) is 4.30. The molecule has 0 aliphatic carbocycles. The molecule has 5 rings (SSSR count). The predicted molar refractivity (Wildman–Crippen MR) is 123 cm³/mol. The molecule has 1 amide bonds. The lowest BCUT2D eigenvalue weighted by Crippen LogP contribution is -2.49. The average molecular weight is 446 g/mol. The Morgan fingerprint density at radius 2 is 1.88 bits per heavy atom. The van der Waals surface area contributed by atoms with E-state index >= 15 is 0 Å². The number of likely N-dealkylation sites (N-methyl/N-ethyl adjacent to an activating group) is 1. The van der Waals surface area contributed by atoms with Gasteiger partial charge in [-0.1, -0.05) is 47.6 Å². The van der Waals surface area contributed by atoms with Crippen LogP contribution >= 0.6 is 11.3 Å². The number of piperazine rings is 1. The summed E-state index contributed by atoms with van der Waals surface area (Å²) in [5, 5.41) is 7.08. The number of hydrogen-bond acceptors (Lipinski definition) is 7. The van der Waals surface area contributed by atoms with Crippen LogP contribution in [0.1, 0.15) is 27.3 Å². The number of hydrogen-bond donors (Lipinski definition) is 0. The molecule has 32 heavy (non-hydrogen) atoms. The zero-order valence-corrected chi connectivity index (χ0v) is 18.7. The largest absolute Gasteiger partial charge is 0.339 e. The highest BCUT2D eigenvalue weighted by Gasteiger charge is 2.31. The van der Waals surface area contributed by atoms with Crippen molar-refractivity contribution in [3.63, 3.8) is 0 Å². The molecule has 1 aliphatic rings. The summed E-state index contributed by atoms with van der Waals surface area (Å²) in [5.74, 6) is 0.992. The average Bonchev–Trinajstić information content (AvgIpc) is 3.49. The third-order valence-corrected chi connectivity index (χ3v) is 6.65. The normalized spacial score (nSPS) is 16.9. The molecule has 162 valence electrons. The smallest absolute Gasteiger partial charge is 0.253 e. The topological polar surface area (TPSA) is 75.4 Å². The maximum absolute atomic E-state index is 13.3. The van der Waals surface area contributed by atoms with Crippen LogP contribution in [0.5, 0.6) is 0 Å². The maximum atomic E-state index is 13.3. The first kappa shape index (κ1) is 20.5. The van der Waals surface area contributed by atoms with Gasteiger partial charge in [0.2, 0.25) is 11.7 Å². The standard InChI is InChI=1S/C24H23N5O2S/c1-16-25-22(27-31-16)18-9-6-10-19(13-18)24(30)29-12-11-28(2)21(14-29)23-26-20(15-32-23)17-7-4-3-5-8-17/h3-10,13,15,21H,11-12,14H2,1-2H3. The third-order valence-electron chi connectivity index (χ3n) is 5.71. The molecule has 2 aromatic carbocycles. The molecule has 2 aromatic heterocycles. The molecule has 0 bridgehead atoms. The van der Waals surface area contributed by atoms with Crippen molar-refractivity contribution in [1.82, 2.24) is 24.9 Å². The van der Waals surface area contributed by atoms with E-state index in [1.165, 1.54) is 0 Å². The summed E-state index contributed by atoms with van der Waals surface area (Å²) in [6.45, 7) is 3.81. The lowest BCUT2D eigenvalue weighted by atomic mass is 10.1. The fourth-order valence-electron chi connectivity index (χ4n) is 3.90. The fourth-order valence-corrected chi connectivity index (χ4v) is 4.88. The van der Waals surface area contributed by atoms with Crippen LogP contribution in [0, 0.1) is 6.92 Å². The van der Waals surface area contributed by atoms with Crippen molar-refractivity contribution in [3.8, 4) is 22.6 Å². The summed E-state index contributed by atoms with van der Waals surface area (Å²) in [6.07, 6.45) is 0. The molecule has 0 spiro atoms.